The van der Waals surface area contributed by atoms with Gasteiger partial charge in [-0.1, -0.05) is 63.9 Å². The van der Waals surface area contributed by atoms with Gasteiger partial charge in [-0.3, -0.25) is 9.59 Å². The molecule has 3 unspecified atom stereocenters. The van der Waals surface area contributed by atoms with Gasteiger partial charge in [0.1, 0.15) is 17.7 Å². The second-order valence-electron chi connectivity index (χ2n) is 10.9. The Labute approximate surface area is 206 Å². The number of hydrogen-bond donors (Lipinski definition) is 2. The molecule has 0 heterocycles. The lowest BCUT2D eigenvalue weighted by Gasteiger charge is -2.37. The molecule has 0 fully saturated rings. The van der Waals surface area contributed by atoms with Gasteiger partial charge in [0.05, 0.1) is 0 Å². The maximum Gasteiger partial charge on any atom is 0.408 e. The minimum atomic E-state index is -0.814. The summed E-state index contributed by atoms with van der Waals surface area (Å²) in [4.78, 5) is 41.8. The van der Waals surface area contributed by atoms with Crippen LogP contribution in [0.15, 0.2) is 30.3 Å². The van der Waals surface area contributed by atoms with Crippen LogP contribution in [-0.4, -0.2) is 46.5 Å². The van der Waals surface area contributed by atoms with Crippen molar-refractivity contribution in [2.75, 3.05) is 6.54 Å². The molecule has 1 rings (SSSR count). The highest BCUT2D eigenvalue weighted by Crippen LogP contribution is 2.26. The number of unbranched alkanes of at least 4 members (excludes halogenated alkanes) is 1. The van der Waals surface area contributed by atoms with Gasteiger partial charge in [0.2, 0.25) is 11.8 Å². The van der Waals surface area contributed by atoms with E-state index >= 15 is 0 Å². The van der Waals surface area contributed by atoms with Crippen LogP contribution < -0.4 is 10.6 Å². The number of ether oxygens (including phenoxy) is 1. The quantitative estimate of drug-likeness (QED) is 0.486. The number of amides is 3. The first kappa shape index (κ1) is 29.5. The Morgan fingerprint density at radius 1 is 1.00 bits per heavy atom. The summed E-state index contributed by atoms with van der Waals surface area (Å²) in [5.41, 5.74) is -0.420. The minimum Gasteiger partial charge on any atom is -0.444 e. The number of rotatable bonds is 10. The normalized spacial score (nSPS) is 14.5. The van der Waals surface area contributed by atoms with Crippen LogP contribution in [0.25, 0.3) is 0 Å². The molecule has 7 nitrogen and oxygen atoms in total. The first-order valence-corrected chi connectivity index (χ1v) is 12.4. The van der Waals surface area contributed by atoms with Gasteiger partial charge in [0, 0.05) is 12.1 Å². The summed E-state index contributed by atoms with van der Waals surface area (Å²) in [6.07, 6.45) is 1.63. The summed E-state index contributed by atoms with van der Waals surface area (Å²) in [5.74, 6) is -0.680. The Balaban J connectivity index is 3.45. The molecule has 0 saturated carbocycles. The number of benzene rings is 1. The molecule has 0 aliphatic carbocycles. The number of carbonyl (C=O) groups is 3. The Morgan fingerprint density at radius 3 is 2.06 bits per heavy atom. The maximum atomic E-state index is 14.0. The average molecular weight is 476 g/mol. The number of carbonyl (C=O) groups excluding carboxylic acids is 3. The van der Waals surface area contributed by atoms with Gasteiger partial charge in [-0.25, -0.2) is 4.79 Å². The van der Waals surface area contributed by atoms with Gasteiger partial charge in [-0.15, -0.1) is 0 Å². The van der Waals surface area contributed by atoms with E-state index in [1.54, 1.807) is 25.7 Å². The number of nitrogens with one attached hydrogen (secondary N) is 2. The first-order valence-electron chi connectivity index (χ1n) is 12.4. The Hall–Kier alpha value is -2.57. The van der Waals surface area contributed by atoms with Crippen LogP contribution in [0.1, 0.15) is 93.2 Å². The zero-order valence-electron chi connectivity index (χ0n) is 22.5. The fourth-order valence-electron chi connectivity index (χ4n) is 3.54. The largest absolute Gasteiger partial charge is 0.444 e. The van der Waals surface area contributed by atoms with Crippen molar-refractivity contribution in [3.63, 3.8) is 0 Å². The molecule has 192 valence electrons. The van der Waals surface area contributed by atoms with Crippen molar-refractivity contribution in [3.8, 4) is 0 Å². The molecule has 0 spiro atoms. The third-order valence-corrected chi connectivity index (χ3v) is 5.36. The lowest BCUT2D eigenvalue weighted by Crippen LogP contribution is -2.56. The summed E-state index contributed by atoms with van der Waals surface area (Å²) < 4.78 is 5.43. The molecular weight excluding hydrogens is 430 g/mol. The van der Waals surface area contributed by atoms with Crippen molar-refractivity contribution < 1.29 is 19.1 Å². The zero-order valence-corrected chi connectivity index (χ0v) is 22.5. The van der Waals surface area contributed by atoms with Crippen LogP contribution in [0, 0.1) is 5.92 Å². The summed E-state index contributed by atoms with van der Waals surface area (Å²) in [5, 5.41) is 5.83. The Morgan fingerprint density at radius 2 is 1.59 bits per heavy atom. The first-order chi connectivity index (χ1) is 15.7. The molecule has 0 aliphatic heterocycles. The third kappa shape index (κ3) is 9.74. The highest BCUT2D eigenvalue weighted by Gasteiger charge is 2.38. The summed E-state index contributed by atoms with van der Waals surface area (Å²) >= 11 is 0. The van der Waals surface area contributed by atoms with Crippen molar-refractivity contribution in [1.29, 1.82) is 0 Å². The molecular formula is C27H45N3O4. The summed E-state index contributed by atoms with van der Waals surface area (Å²) in [7, 11) is 0. The molecule has 3 amide bonds. The predicted molar refractivity (Wildman–Crippen MR) is 136 cm³/mol. The van der Waals surface area contributed by atoms with Crippen molar-refractivity contribution in [2.24, 2.45) is 5.92 Å². The number of nitrogens with zero attached hydrogens (tertiary/aromatic N) is 1. The molecule has 0 aliphatic rings. The van der Waals surface area contributed by atoms with Gasteiger partial charge in [0.15, 0.2) is 0 Å². The highest BCUT2D eigenvalue weighted by molar-refractivity contribution is 5.92. The number of hydrogen-bond acceptors (Lipinski definition) is 4. The second kappa shape index (κ2) is 12.8. The molecule has 0 bridgehead atoms. The van der Waals surface area contributed by atoms with Gasteiger partial charge < -0.3 is 20.3 Å². The standard InChI is InChI=1S/C27H45N3O4/c1-10-12-18-30(22(20-16-14-13-15-17-20)23(31)29-26(4,5)6)24(32)21(19(3)11-2)28-25(33)34-27(7,8)9/h13-17,19,21-22H,10-12,18H2,1-9H3,(H,28,33)(H,29,31). The van der Waals surface area contributed by atoms with Crippen LogP contribution in [0.2, 0.25) is 0 Å². The number of alkyl carbamates (subject to hydrolysis) is 1. The smallest absolute Gasteiger partial charge is 0.408 e. The van der Waals surface area contributed by atoms with Crippen molar-refractivity contribution in [3.05, 3.63) is 35.9 Å². The van der Waals surface area contributed by atoms with E-state index in [9.17, 15) is 14.4 Å². The lowest BCUT2D eigenvalue weighted by molar-refractivity contribution is -0.144. The van der Waals surface area contributed by atoms with Crippen LogP contribution in [0.3, 0.4) is 0 Å². The topological polar surface area (TPSA) is 87.7 Å². The van der Waals surface area contributed by atoms with E-state index in [0.29, 0.717) is 13.0 Å². The molecule has 2 N–H and O–H groups in total. The van der Waals surface area contributed by atoms with Gasteiger partial charge in [-0.2, -0.15) is 0 Å². The SMILES string of the molecule is CCCCN(C(=O)C(NC(=O)OC(C)(C)C)C(C)CC)C(C(=O)NC(C)(C)C)c1ccccc1. The van der Waals surface area contributed by atoms with Crippen molar-refractivity contribution >= 4 is 17.9 Å². The monoisotopic (exact) mass is 475 g/mol. The molecule has 3 atom stereocenters. The van der Waals surface area contributed by atoms with E-state index in [-0.39, 0.29) is 17.7 Å². The highest BCUT2D eigenvalue weighted by atomic mass is 16.6. The van der Waals surface area contributed by atoms with E-state index in [0.717, 1.165) is 18.4 Å². The lowest BCUT2D eigenvalue weighted by atomic mass is 9.95. The fraction of sp³-hybridized carbons (Fsp3) is 0.667. The van der Waals surface area contributed by atoms with Crippen LogP contribution in [0.5, 0.6) is 0 Å². The van der Waals surface area contributed by atoms with E-state index in [4.69, 9.17) is 4.74 Å². The van der Waals surface area contributed by atoms with Gasteiger partial charge >= 0.3 is 6.09 Å². The van der Waals surface area contributed by atoms with Crippen molar-refractivity contribution in [2.45, 2.75) is 105 Å². The summed E-state index contributed by atoms with van der Waals surface area (Å²) in [6, 6.07) is 7.70. The molecule has 1 aromatic carbocycles. The van der Waals surface area contributed by atoms with E-state index in [2.05, 4.69) is 10.6 Å². The van der Waals surface area contributed by atoms with Crippen LogP contribution in [-0.2, 0) is 14.3 Å². The molecule has 1 aromatic rings. The predicted octanol–water partition coefficient (Wildman–Crippen LogP) is 5.21. The van der Waals surface area contributed by atoms with Crippen molar-refractivity contribution in [1.82, 2.24) is 15.5 Å². The van der Waals surface area contributed by atoms with E-state index in [1.165, 1.54) is 0 Å². The Kier molecular flexibility index (Phi) is 11.1. The summed E-state index contributed by atoms with van der Waals surface area (Å²) in [6.45, 7) is 17.4. The van der Waals surface area contributed by atoms with E-state index < -0.39 is 29.3 Å². The van der Waals surface area contributed by atoms with Crippen LogP contribution in [0.4, 0.5) is 4.79 Å². The third-order valence-electron chi connectivity index (χ3n) is 5.36. The van der Waals surface area contributed by atoms with Crippen LogP contribution >= 0.6 is 0 Å². The molecule has 0 saturated heterocycles. The van der Waals surface area contributed by atoms with E-state index in [1.807, 2.05) is 71.9 Å². The fourth-order valence-corrected chi connectivity index (χ4v) is 3.54. The second-order valence-corrected chi connectivity index (χ2v) is 10.9. The van der Waals surface area contributed by atoms with Gasteiger partial charge in [-0.05, 0) is 59.4 Å². The molecule has 0 radical (unpaired) electrons. The molecule has 34 heavy (non-hydrogen) atoms. The Bertz CT molecular complexity index is 796. The maximum absolute atomic E-state index is 14.0. The molecule has 0 aromatic heterocycles. The zero-order chi connectivity index (χ0) is 26.1. The minimum absolute atomic E-state index is 0.147. The average Bonchev–Trinajstić information content (AvgIpc) is 2.72. The molecule has 7 heteroatoms. The van der Waals surface area contributed by atoms with Gasteiger partial charge in [0.25, 0.3) is 0 Å².